The maximum absolute atomic E-state index is 10.5. The number of nitrogens with one attached hydrogen (secondary N) is 1. The normalized spacial score (nSPS) is 19.8. The molecule has 8 heteroatoms. The van der Waals surface area contributed by atoms with Gasteiger partial charge in [-0.25, -0.2) is 9.97 Å². The summed E-state index contributed by atoms with van der Waals surface area (Å²) in [7, 11) is 0. The third-order valence-corrected chi connectivity index (χ3v) is 6.19. The summed E-state index contributed by atoms with van der Waals surface area (Å²) in [5.41, 5.74) is 2.94. The molecule has 3 heterocycles. The molecule has 0 radical (unpaired) electrons. The third kappa shape index (κ3) is 3.45. The number of phenols is 1. The van der Waals surface area contributed by atoms with Crippen molar-refractivity contribution in [3.8, 4) is 28.3 Å². The van der Waals surface area contributed by atoms with Crippen LogP contribution in [0.1, 0.15) is 17.8 Å². The van der Waals surface area contributed by atoms with Gasteiger partial charge < -0.3 is 15.3 Å². The Morgan fingerprint density at radius 2 is 2.11 bits per heavy atom. The van der Waals surface area contributed by atoms with E-state index in [4.69, 9.17) is 0 Å². The molecule has 1 saturated heterocycles. The number of aryl methyl sites for hydroxylation is 1. The largest absolute Gasteiger partial charge is 0.507 e. The quantitative estimate of drug-likeness (QED) is 0.703. The molecular formula is C20H22N6OS. The topological polar surface area (TPSA) is 87.1 Å². The summed E-state index contributed by atoms with van der Waals surface area (Å²) in [5, 5.41) is 25.7. The van der Waals surface area contributed by atoms with E-state index in [2.05, 4.69) is 30.4 Å². The van der Waals surface area contributed by atoms with Crippen molar-refractivity contribution in [2.75, 3.05) is 24.5 Å². The van der Waals surface area contributed by atoms with Crippen molar-refractivity contribution in [1.82, 2.24) is 25.5 Å². The smallest absolute Gasteiger partial charge is 0.245 e. The zero-order chi connectivity index (χ0) is 19.1. The maximum Gasteiger partial charge on any atom is 0.245 e. The van der Waals surface area contributed by atoms with Gasteiger partial charge in [0.1, 0.15) is 11.4 Å². The van der Waals surface area contributed by atoms with Crippen molar-refractivity contribution < 1.29 is 5.11 Å². The Morgan fingerprint density at radius 3 is 2.79 bits per heavy atom. The minimum absolute atomic E-state index is 0.156. The lowest BCUT2D eigenvalue weighted by Crippen LogP contribution is -2.52. The fraction of sp³-hybridized carbons (Fsp3) is 0.400. The molecule has 0 unspecified atom stereocenters. The van der Waals surface area contributed by atoms with Crippen LogP contribution in [0.15, 0.2) is 29.8 Å². The Labute approximate surface area is 167 Å². The van der Waals surface area contributed by atoms with Gasteiger partial charge in [0.05, 0.1) is 16.9 Å². The van der Waals surface area contributed by atoms with Crippen LogP contribution in [0.3, 0.4) is 0 Å². The summed E-state index contributed by atoms with van der Waals surface area (Å²) in [4.78, 5) is 11.2. The Hall–Kier alpha value is -2.58. The van der Waals surface area contributed by atoms with Crippen LogP contribution >= 0.6 is 11.3 Å². The second-order valence-corrected chi connectivity index (χ2v) is 8.53. The lowest BCUT2D eigenvalue weighted by molar-refractivity contribution is 0.414. The van der Waals surface area contributed by atoms with Crippen LogP contribution < -0.4 is 10.2 Å². The van der Waals surface area contributed by atoms with E-state index in [9.17, 15) is 5.11 Å². The van der Waals surface area contributed by atoms with E-state index in [1.54, 1.807) is 23.6 Å². The second-order valence-electron chi connectivity index (χ2n) is 7.47. The van der Waals surface area contributed by atoms with Crippen molar-refractivity contribution in [1.29, 1.82) is 0 Å². The first-order chi connectivity index (χ1) is 13.7. The highest BCUT2D eigenvalue weighted by Crippen LogP contribution is 2.35. The van der Waals surface area contributed by atoms with Gasteiger partial charge in [0, 0.05) is 42.2 Å². The maximum atomic E-state index is 10.5. The number of thiazole rings is 1. The van der Waals surface area contributed by atoms with Crippen LogP contribution in [0.4, 0.5) is 5.95 Å². The fourth-order valence-corrected chi connectivity index (χ4v) is 4.34. The van der Waals surface area contributed by atoms with Gasteiger partial charge in [-0.1, -0.05) is 6.07 Å². The molecule has 1 atom stereocenters. The summed E-state index contributed by atoms with van der Waals surface area (Å²) in [5.74, 6) is 1.61. The molecule has 144 valence electrons. The van der Waals surface area contributed by atoms with Crippen LogP contribution in [-0.4, -0.2) is 50.9 Å². The minimum Gasteiger partial charge on any atom is -0.507 e. The molecule has 2 aliphatic rings. The summed E-state index contributed by atoms with van der Waals surface area (Å²) >= 11 is 1.59. The first-order valence-electron chi connectivity index (χ1n) is 9.61. The standard InChI is InChI=1S/C20H22N6OS/c1-12-23-18(11-28-12)14-4-5-15(19(27)8-14)16-9-22-20(25-24-16)26-7-6-21-17(10-26)13-2-3-13/h4-5,8-9,11,13,17,21,27H,2-3,6-7,10H2,1H3/t17-/m1/s1. The van der Waals surface area contributed by atoms with E-state index in [1.807, 2.05) is 24.4 Å². The molecule has 1 aliphatic carbocycles. The molecule has 2 aromatic heterocycles. The molecule has 7 nitrogen and oxygen atoms in total. The lowest BCUT2D eigenvalue weighted by atomic mass is 10.1. The number of benzene rings is 1. The summed E-state index contributed by atoms with van der Waals surface area (Å²) in [6, 6.07) is 6.03. The average Bonchev–Trinajstić information content (AvgIpc) is 3.49. The van der Waals surface area contributed by atoms with Gasteiger partial charge in [0.2, 0.25) is 5.95 Å². The molecule has 3 aromatic rings. The molecule has 0 amide bonds. The number of nitrogens with zero attached hydrogens (tertiary/aromatic N) is 5. The van der Waals surface area contributed by atoms with Gasteiger partial charge in [-0.2, -0.15) is 0 Å². The summed E-state index contributed by atoms with van der Waals surface area (Å²) < 4.78 is 0. The molecule has 0 bridgehead atoms. The lowest BCUT2D eigenvalue weighted by Gasteiger charge is -2.33. The average molecular weight is 395 g/mol. The fourth-order valence-electron chi connectivity index (χ4n) is 3.72. The molecule has 5 rings (SSSR count). The molecule has 1 aliphatic heterocycles. The number of hydrogen-bond donors (Lipinski definition) is 2. The molecule has 0 spiro atoms. The van der Waals surface area contributed by atoms with Crippen LogP contribution in [0.2, 0.25) is 0 Å². The van der Waals surface area contributed by atoms with Gasteiger partial charge in [-0.05, 0) is 37.8 Å². The molecule has 28 heavy (non-hydrogen) atoms. The number of phenolic OH excluding ortho intramolecular Hbond substituents is 1. The first kappa shape index (κ1) is 17.5. The summed E-state index contributed by atoms with van der Waals surface area (Å²) in [6.07, 6.45) is 4.33. The number of aromatic nitrogens is 4. The zero-order valence-corrected chi connectivity index (χ0v) is 16.5. The Kier molecular flexibility index (Phi) is 4.44. The SMILES string of the molecule is Cc1nc(-c2ccc(-c3cnc(N4CCN[C@@H](C5CC5)C4)nn3)c(O)c2)cs1. The monoisotopic (exact) mass is 394 g/mol. The van der Waals surface area contributed by atoms with Gasteiger partial charge in [-0.15, -0.1) is 21.5 Å². The number of hydrogen-bond acceptors (Lipinski definition) is 8. The first-order valence-corrected chi connectivity index (χ1v) is 10.5. The van der Waals surface area contributed by atoms with Crippen molar-refractivity contribution >= 4 is 17.3 Å². The van der Waals surface area contributed by atoms with E-state index >= 15 is 0 Å². The Balaban J connectivity index is 1.35. The summed E-state index contributed by atoms with van der Waals surface area (Å²) in [6.45, 7) is 4.73. The zero-order valence-electron chi connectivity index (χ0n) is 15.7. The number of anilines is 1. The molecule has 2 fully saturated rings. The van der Waals surface area contributed by atoms with Gasteiger partial charge in [-0.3, -0.25) is 0 Å². The second kappa shape index (κ2) is 7.10. The van der Waals surface area contributed by atoms with E-state index in [0.29, 0.717) is 23.2 Å². The van der Waals surface area contributed by atoms with E-state index in [0.717, 1.165) is 41.8 Å². The Bertz CT molecular complexity index is 985. The van der Waals surface area contributed by atoms with Crippen LogP contribution in [0.25, 0.3) is 22.5 Å². The van der Waals surface area contributed by atoms with Crippen molar-refractivity contribution in [2.24, 2.45) is 5.92 Å². The molecular weight excluding hydrogens is 372 g/mol. The molecule has 1 saturated carbocycles. The molecule has 1 aromatic carbocycles. The van der Waals surface area contributed by atoms with Gasteiger partial charge >= 0.3 is 0 Å². The van der Waals surface area contributed by atoms with Crippen LogP contribution in [0.5, 0.6) is 5.75 Å². The van der Waals surface area contributed by atoms with Crippen LogP contribution in [0, 0.1) is 12.8 Å². The van der Waals surface area contributed by atoms with Crippen molar-refractivity contribution in [2.45, 2.75) is 25.8 Å². The van der Waals surface area contributed by atoms with Crippen molar-refractivity contribution in [3.63, 3.8) is 0 Å². The minimum atomic E-state index is 0.156. The highest BCUT2D eigenvalue weighted by molar-refractivity contribution is 7.09. The highest BCUT2D eigenvalue weighted by atomic mass is 32.1. The van der Waals surface area contributed by atoms with E-state index in [-0.39, 0.29) is 5.75 Å². The van der Waals surface area contributed by atoms with Gasteiger partial charge in [0.15, 0.2) is 0 Å². The number of piperazine rings is 1. The van der Waals surface area contributed by atoms with E-state index < -0.39 is 0 Å². The van der Waals surface area contributed by atoms with Crippen LogP contribution in [-0.2, 0) is 0 Å². The number of rotatable bonds is 4. The number of aromatic hydroxyl groups is 1. The Morgan fingerprint density at radius 1 is 1.21 bits per heavy atom. The predicted octanol–water partition coefficient (Wildman–Crippen LogP) is 2.86. The highest BCUT2D eigenvalue weighted by Gasteiger charge is 2.34. The van der Waals surface area contributed by atoms with Gasteiger partial charge in [0.25, 0.3) is 0 Å². The predicted molar refractivity (Wildman–Crippen MR) is 110 cm³/mol. The van der Waals surface area contributed by atoms with Crippen molar-refractivity contribution in [3.05, 3.63) is 34.8 Å². The van der Waals surface area contributed by atoms with E-state index in [1.165, 1.54) is 12.8 Å². The third-order valence-electron chi connectivity index (χ3n) is 5.42. The molecule has 2 N–H and O–H groups in total.